The molecule has 2 rings (SSSR count). The zero-order valence-electron chi connectivity index (χ0n) is 10.8. The van der Waals surface area contributed by atoms with Crippen molar-refractivity contribution >= 4 is 5.69 Å². The van der Waals surface area contributed by atoms with Crippen LogP contribution in [0, 0.1) is 10.1 Å². The number of hydrogen-bond acceptors (Lipinski definition) is 5. The molecule has 6 heteroatoms. The number of piperidine rings is 1. The van der Waals surface area contributed by atoms with Crippen molar-refractivity contribution in [2.75, 3.05) is 19.6 Å². The number of non-ortho nitro benzene ring substituents is 1. The lowest BCUT2D eigenvalue weighted by atomic mass is 10.1. The van der Waals surface area contributed by atoms with Crippen LogP contribution < -0.4 is 5.43 Å². The Kier molecular flexibility index (Phi) is 4.84. The first-order chi connectivity index (χ1) is 9.16. The lowest BCUT2D eigenvalue weighted by Crippen LogP contribution is -2.43. The van der Waals surface area contributed by atoms with Gasteiger partial charge in [0.1, 0.15) is 0 Å². The average molecular weight is 265 g/mol. The molecular weight excluding hydrogens is 246 g/mol. The highest BCUT2D eigenvalue weighted by Gasteiger charge is 2.13. The van der Waals surface area contributed by atoms with Gasteiger partial charge in [0.25, 0.3) is 5.69 Å². The molecule has 0 bridgehead atoms. The molecule has 0 aliphatic carbocycles. The molecule has 1 aromatic carbocycles. The minimum absolute atomic E-state index is 0.0416. The monoisotopic (exact) mass is 265 g/mol. The van der Waals surface area contributed by atoms with Crippen molar-refractivity contribution in [3.63, 3.8) is 0 Å². The molecule has 104 valence electrons. The first kappa shape index (κ1) is 13.9. The van der Waals surface area contributed by atoms with Crippen LogP contribution in [0.2, 0.25) is 0 Å². The van der Waals surface area contributed by atoms with Gasteiger partial charge in [-0.05, 0) is 30.5 Å². The van der Waals surface area contributed by atoms with Crippen molar-refractivity contribution < 1.29 is 10.0 Å². The minimum Gasteiger partial charge on any atom is -0.387 e. The normalized spacial score (nSPS) is 18.2. The van der Waals surface area contributed by atoms with Crippen LogP contribution in [0.3, 0.4) is 0 Å². The van der Waals surface area contributed by atoms with Crippen LogP contribution in [-0.2, 0) is 0 Å². The van der Waals surface area contributed by atoms with Gasteiger partial charge in [0, 0.05) is 31.8 Å². The highest BCUT2D eigenvalue weighted by atomic mass is 16.6. The summed E-state index contributed by atoms with van der Waals surface area (Å²) in [4.78, 5) is 10.1. The van der Waals surface area contributed by atoms with Gasteiger partial charge in [-0.2, -0.15) is 0 Å². The summed E-state index contributed by atoms with van der Waals surface area (Å²) in [5.74, 6) is 0. The average Bonchev–Trinajstić information content (AvgIpc) is 2.46. The maximum Gasteiger partial charge on any atom is 0.269 e. The predicted molar refractivity (Wildman–Crippen MR) is 71.5 cm³/mol. The number of hydrogen-bond donors (Lipinski definition) is 2. The molecule has 0 radical (unpaired) electrons. The van der Waals surface area contributed by atoms with Crippen LogP contribution in [0.4, 0.5) is 5.69 Å². The Morgan fingerprint density at radius 3 is 2.47 bits per heavy atom. The van der Waals surface area contributed by atoms with Gasteiger partial charge in [-0.25, -0.2) is 5.01 Å². The van der Waals surface area contributed by atoms with Crippen molar-refractivity contribution in [3.05, 3.63) is 39.9 Å². The molecule has 1 fully saturated rings. The first-order valence-electron chi connectivity index (χ1n) is 6.57. The van der Waals surface area contributed by atoms with E-state index in [2.05, 4.69) is 10.4 Å². The quantitative estimate of drug-likeness (QED) is 0.624. The zero-order chi connectivity index (χ0) is 13.7. The van der Waals surface area contributed by atoms with E-state index in [0.717, 1.165) is 13.1 Å². The maximum atomic E-state index is 10.5. The van der Waals surface area contributed by atoms with Gasteiger partial charge in [-0.3, -0.25) is 15.5 Å². The summed E-state index contributed by atoms with van der Waals surface area (Å²) in [6, 6.07) is 6.03. The summed E-state index contributed by atoms with van der Waals surface area (Å²) in [5.41, 5.74) is 3.94. The van der Waals surface area contributed by atoms with Crippen LogP contribution in [0.1, 0.15) is 30.9 Å². The zero-order valence-corrected chi connectivity index (χ0v) is 10.8. The molecule has 1 aliphatic rings. The van der Waals surface area contributed by atoms with Crippen molar-refractivity contribution in [1.29, 1.82) is 0 Å². The third-order valence-corrected chi connectivity index (χ3v) is 3.35. The molecule has 0 saturated carbocycles. The molecule has 1 unspecified atom stereocenters. The predicted octanol–water partition coefficient (Wildman–Crippen LogP) is 1.62. The fourth-order valence-electron chi connectivity index (χ4n) is 2.20. The summed E-state index contributed by atoms with van der Waals surface area (Å²) in [7, 11) is 0. The van der Waals surface area contributed by atoms with Gasteiger partial charge in [-0.1, -0.05) is 6.42 Å². The molecule has 1 atom stereocenters. The van der Waals surface area contributed by atoms with E-state index >= 15 is 0 Å². The summed E-state index contributed by atoms with van der Waals surface area (Å²) in [5, 5.41) is 22.7. The van der Waals surface area contributed by atoms with E-state index in [-0.39, 0.29) is 5.69 Å². The molecule has 19 heavy (non-hydrogen) atoms. The first-order valence-corrected chi connectivity index (χ1v) is 6.57. The molecular formula is C13H19N3O3. The van der Waals surface area contributed by atoms with Gasteiger partial charge in [-0.15, -0.1) is 0 Å². The summed E-state index contributed by atoms with van der Waals surface area (Å²) in [6.45, 7) is 2.44. The van der Waals surface area contributed by atoms with Crippen molar-refractivity contribution in [3.8, 4) is 0 Å². The number of nitrogens with zero attached hydrogens (tertiary/aromatic N) is 2. The SMILES string of the molecule is O=[N+]([O-])c1ccc(C(O)CNN2CCCCC2)cc1. The molecule has 1 aromatic rings. The standard InChI is InChI=1S/C13H19N3O3/c17-13(10-14-15-8-2-1-3-9-15)11-4-6-12(7-5-11)16(18)19/h4-7,13-14,17H,1-3,8-10H2. The molecule has 0 spiro atoms. The number of hydrazine groups is 1. The topological polar surface area (TPSA) is 78.6 Å². The fraction of sp³-hybridized carbons (Fsp3) is 0.538. The maximum absolute atomic E-state index is 10.5. The van der Waals surface area contributed by atoms with Gasteiger partial charge in [0.2, 0.25) is 0 Å². The van der Waals surface area contributed by atoms with E-state index in [1.54, 1.807) is 12.1 Å². The number of aliphatic hydroxyl groups excluding tert-OH is 1. The number of nitrogens with one attached hydrogen (secondary N) is 1. The second-order valence-corrected chi connectivity index (χ2v) is 4.77. The van der Waals surface area contributed by atoms with Gasteiger partial charge in [0.05, 0.1) is 11.0 Å². The van der Waals surface area contributed by atoms with Crippen molar-refractivity contribution in [1.82, 2.24) is 10.4 Å². The second kappa shape index (κ2) is 6.60. The smallest absolute Gasteiger partial charge is 0.269 e. The summed E-state index contributed by atoms with van der Waals surface area (Å²) in [6.07, 6.45) is 2.98. The van der Waals surface area contributed by atoms with Crippen LogP contribution in [-0.4, -0.2) is 34.7 Å². The van der Waals surface area contributed by atoms with E-state index in [0.29, 0.717) is 12.1 Å². The number of nitro groups is 1. The van der Waals surface area contributed by atoms with Crippen molar-refractivity contribution in [2.24, 2.45) is 0 Å². The van der Waals surface area contributed by atoms with E-state index < -0.39 is 11.0 Å². The largest absolute Gasteiger partial charge is 0.387 e. The van der Waals surface area contributed by atoms with Crippen LogP contribution >= 0.6 is 0 Å². The van der Waals surface area contributed by atoms with Gasteiger partial charge in [0.15, 0.2) is 0 Å². The molecule has 0 aromatic heterocycles. The lowest BCUT2D eigenvalue weighted by Gasteiger charge is -2.28. The van der Waals surface area contributed by atoms with Crippen molar-refractivity contribution in [2.45, 2.75) is 25.4 Å². The highest BCUT2D eigenvalue weighted by molar-refractivity contribution is 5.33. The van der Waals surface area contributed by atoms with Crippen LogP contribution in [0.15, 0.2) is 24.3 Å². The number of rotatable bonds is 5. The van der Waals surface area contributed by atoms with E-state index in [4.69, 9.17) is 0 Å². The lowest BCUT2D eigenvalue weighted by molar-refractivity contribution is -0.384. The molecule has 1 heterocycles. The van der Waals surface area contributed by atoms with Crippen LogP contribution in [0.5, 0.6) is 0 Å². The second-order valence-electron chi connectivity index (χ2n) is 4.77. The Morgan fingerprint density at radius 2 is 1.89 bits per heavy atom. The van der Waals surface area contributed by atoms with E-state index in [1.165, 1.54) is 31.4 Å². The number of nitro benzene ring substituents is 1. The van der Waals surface area contributed by atoms with Crippen LogP contribution in [0.25, 0.3) is 0 Å². The van der Waals surface area contributed by atoms with E-state index in [1.807, 2.05) is 0 Å². The number of benzene rings is 1. The minimum atomic E-state index is -0.650. The Morgan fingerprint density at radius 1 is 1.26 bits per heavy atom. The summed E-state index contributed by atoms with van der Waals surface area (Å²) < 4.78 is 0. The Hall–Kier alpha value is -1.50. The molecule has 1 aliphatic heterocycles. The molecule has 1 saturated heterocycles. The fourth-order valence-corrected chi connectivity index (χ4v) is 2.20. The Balaban J connectivity index is 1.84. The van der Waals surface area contributed by atoms with E-state index in [9.17, 15) is 15.2 Å². The third kappa shape index (κ3) is 3.99. The van der Waals surface area contributed by atoms with Gasteiger partial charge >= 0.3 is 0 Å². The molecule has 6 nitrogen and oxygen atoms in total. The van der Waals surface area contributed by atoms with Gasteiger partial charge < -0.3 is 5.11 Å². The third-order valence-electron chi connectivity index (χ3n) is 3.35. The number of aliphatic hydroxyl groups is 1. The summed E-state index contributed by atoms with van der Waals surface area (Å²) >= 11 is 0. The molecule has 0 amide bonds. The molecule has 2 N–H and O–H groups in total. The Labute approximate surface area is 112 Å². The Bertz CT molecular complexity index is 416. The highest BCUT2D eigenvalue weighted by Crippen LogP contribution is 2.17.